The Kier molecular flexibility index (Phi) is 5.01. The summed E-state index contributed by atoms with van der Waals surface area (Å²) in [5, 5.41) is 12.0. The van der Waals surface area contributed by atoms with Gasteiger partial charge in [0, 0.05) is 11.9 Å². The first-order valence-electron chi connectivity index (χ1n) is 8.35. The summed E-state index contributed by atoms with van der Waals surface area (Å²) in [4.78, 5) is 13.1. The highest BCUT2D eigenvalue weighted by Crippen LogP contribution is 2.30. The first kappa shape index (κ1) is 19.1. The number of sulfonamides is 1. The van der Waals surface area contributed by atoms with E-state index in [0.29, 0.717) is 22.6 Å². The van der Waals surface area contributed by atoms with Crippen molar-refractivity contribution >= 4 is 54.2 Å². The van der Waals surface area contributed by atoms with Crippen LogP contribution in [0.25, 0.3) is 10.2 Å². The van der Waals surface area contributed by atoms with Gasteiger partial charge in [-0.1, -0.05) is 11.3 Å². The normalized spacial score (nSPS) is 11.4. The molecule has 0 amide bonds. The zero-order chi connectivity index (χ0) is 20.4. The van der Waals surface area contributed by atoms with E-state index >= 15 is 0 Å². The van der Waals surface area contributed by atoms with Gasteiger partial charge in [0.2, 0.25) is 16.0 Å². The number of aromatic nitrogens is 3. The van der Waals surface area contributed by atoms with Crippen LogP contribution in [0.15, 0.2) is 59.6 Å². The molecule has 0 atom stereocenters. The molecule has 0 fully saturated rings. The number of fused-ring (bicyclic) bond motifs is 1. The Morgan fingerprint density at radius 3 is 2.55 bits per heavy atom. The number of primary sulfonamides is 1. The predicted octanol–water partition coefficient (Wildman–Crippen LogP) is 3.23. The average molecular weight is 428 g/mol. The maximum Gasteiger partial charge on any atom is 0.238 e. The molecule has 29 heavy (non-hydrogen) atoms. The molecule has 9 nitrogen and oxygen atoms in total. The van der Waals surface area contributed by atoms with Crippen molar-refractivity contribution in [3.63, 3.8) is 0 Å². The number of nitrogens with two attached hydrogens (primary N) is 1. The quantitative estimate of drug-likeness (QED) is 0.426. The second-order valence-corrected chi connectivity index (χ2v) is 8.53. The Morgan fingerprint density at radius 1 is 1.03 bits per heavy atom. The molecule has 4 rings (SSSR count). The van der Waals surface area contributed by atoms with Crippen molar-refractivity contribution < 1.29 is 13.2 Å². The van der Waals surface area contributed by atoms with E-state index in [9.17, 15) is 8.42 Å². The first-order chi connectivity index (χ1) is 13.9. The van der Waals surface area contributed by atoms with Gasteiger partial charge in [0.1, 0.15) is 11.6 Å². The molecule has 2 aromatic carbocycles. The summed E-state index contributed by atoms with van der Waals surface area (Å²) in [7, 11) is -2.11. The van der Waals surface area contributed by atoms with E-state index in [1.54, 1.807) is 31.5 Å². The van der Waals surface area contributed by atoms with Crippen LogP contribution in [0.5, 0.6) is 5.75 Å². The summed E-state index contributed by atoms with van der Waals surface area (Å²) in [6, 6.07) is 13.4. The molecule has 11 heteroatoms. The summed E-state index contributed by atoms with van der Waals surface area (Å²) in [6.07, 6.45) is 1.60. The summed E-state index contributed by atoms with van der Waals surface area (Å²) in [6.45, 7) is 0. The lowest BCUT2D eigenvalue weighted by Crippen LogP contribution is -2.11. The van der Waals surface area contributed by atoms with E-state index in [4.69, 9.17) is 9.88 Å². The van der Waals surface area contributed by atoms with E-state index in [1.807, 2.05) is 18.2 Å². The van der Waals surface area contributed by atoms with E-state index in [0.717, 1.165) is 16.0 Å². The third-order valence-electron chi connectivity index (χ3n) is 3.93. The fourth-order valence-corrected chi connectivity index (χ4v) is 3.96. The first-order valence-corrected chi connectivity index (χ1v) is 10.7. The van der Waals surface area contributed by atoms with Crippen molar-refractivity contribution in [1.82, 2.24) is 15.0 Å². The molecule has 0 saturated heterocycles. The SMILES string of the molecule is COc1ccc2nc(Nc3ccnc(Nc4ccc(S(N)(=O)=O)cc4)n3)sc2c1. The van der Waals surface area contributed by atoms with Crippen molar-refractivity contribution in [2.24, 2.45) is 5.14 Å². The predicted molar refractivity (Wildman–Crippen MR) is 113 cm³/mol. The highest BCUT2D eigenvalue weighted by molar-refractivity contribution is 7.89. The second kappa shape index (κ2) is 7.62. The van der Waals surface area contributed by atoms with Gasteiger partial charge in [-0.2, -0.15) is 4.98 Å². The van der Waals surface area contributed by atoms with Crippen LogP contribution in [-0.2, 0) is 10.0 Å². The minimum atomic E-state index is -3.73. The minimum Gasteiger partial charge on any atom is -0.497 e. The van der Waals surface area contributed by atoms with Crippen LogP contribution >= 0.6 is 11.3 Å². The standard InChI is InChI=1S/C18H16N6O3S2/c1-27-12-4-7-14-15(10-12)28-18(22-14)24-16-8-9-20-17(23-16)21-11-2-5-13(6-3-11)29(19,25)26/h2-10H,1H3,(H2,19,25,26)(H2,20,21,22,23,24). The largest absolute Gasteiger partial charge is 0.497 e. The average Bonchev–Trinajstić information content (AvgIpc) is 3.09. The molecule has 0 saturated carbocycles. The Balaban J connectivity index is 1.51. The van der Waals surface area contributed by atoms with Gasteiger partial charge in [0.15, 0.2) is 5.13 Å². The van der Waals surface area contributed by atoms with Crippen LogP contribution in [0.4, 0.5) is 22.6 Å². The molecule has 0 aliphatic heterocycles. The fourth-order valence-electron chi connectivity index (χ4n) is 2.54. The molecule has 4 aromatic rings. The van der Waals surface area contributed by atoms with Crippen LogP contribution < -0.4 is 20.5 Å². The molecule has 0 unspecified atom stereocenters. The Hall–Kier alpha value is -3.28. The number of thiazole rings is 1. The van der Waals surface area contributed by atoms with Crippen molar-refractivity contribution in [3.05, 3.63) is 54.7 Å². The van der Waals surface area contributed by atoms with Crippen molar-refractivity contribution in [1.29, 1.82) is 0 Å². The van der Waals surface area contributed by atoms with E-state index < -0.39 is 10.0 Å². The van der Waals surface area contributed by atoms with Gasteiger partial charge in [0.25, 0.3) is 0 Å². The third-order valence-corrected chi connectivity index (χ3v) is 5.79. The Morgan fingerprint density at radius 2 is 1.83 bits per heavy atom. The number of nitrogens with zero attached hydrogens (tertiary/aromatic N) is 3. The second-order valence-electron chi connectivity index (χ2n) is 5.94. The van der Waals surface area contributed by atoms with Gasteiger partial charge in [-0.3, -0.25) is 0 Å². The number of hydrogen-bond acceptors (Lipinski definition) is 9. The van der Waals surface area contributed by atoms with E-state index in [1.165, 1.54) is 23.5 Å². The summed E-state index contributed by atoms with van der Waals surface area (Å²) in [5.41, 5.74) is 1.49. The van der Waals surface area contributed by atoms with Crippen LogP contribution in [0.3, 0.4) is 0 Å². The topological polar surface area (TPSA) is 132 Å². The lowest BCUT2D eigenvalue weighted by Gasteiger charge is -2.07. The molecule has 0 spiro atoms. The van der Waals surface area contributed by atoms with Crippen molar-refractivity contribution in [3.8, 4) is 5.75 Å². The molecule has 4 N–H and O–H groups in total. The van der Waals surface area contributed by atoms with Crippen molar-refractivity contribution in [2.45, 2.75) is 4.90 Å². The fraction of sp³-hybridized carbons (Fsp3) is 0.0556. The zero-order valence-electron chi connectivity index (χ0n) is 15.2. The summed E-state index contributed by atoms with van der Waals surface area (Å²) in [5.74, 6) is 1.69. The van der Waals surface area contributed by atoms with Gasteiger partial charge in [0.05, 0.1) is 22.2 Å². The number of ether oxygens (including phenoxy) is 1. The Bertz CT molecular complexity index is 1270. The van der Waals surface area contributed by atoms with Gasteiger partial charge in [-0.05, 0) is 48.5 Å². The summed E-state index contributed by atoms with van der Waals surface area (Å²) >= 11 is 1.48. The van der Waals surface area contributed by atoms with Gasteiger partial charge in [-0.25, -0.2) is 23.5 Å². The van der Waals surface area contributed by atoms with Crippen molar-refractivity contribution in [2.75, 3.05) is 17.7 Å². The third kappa shape index (κ3) is 4.42. The Labute approximate surface area is 170 Å². The number of anilines is 4. The smallest absolute Gasteiger partial charge is 0.238 e. The maximum atomic E-state index is 11.3. The van der Waals surface area contributed by atoms with Crippen LogP contribution in [0.1, 0.15) is 0 Å². The van der Waals surface area contributed by atoms with Crippen LogP contribution in [0.2, 0.25) is 0 Å². The van der Waals surface area contributed by atoms with Gasteiger partial charge >= 0.3 is 0 Å². The minimum absolute atomic E-state index is 0.0341. The number of nitrogens with one attached hydrogen (secondary N) is 2. The molecule has 2 aromatic heterocycles. The summed E-state index contributed by atoms with van der Waals surface area (Å²) < 4.78 is 28.9. The molecule has 0 bridgehead atoms. The zero-order valence-corrected chi connectivity index (χ0v) is 16.8. The number of hydrogen-bond donors (Lipinski definition) is 3. The molecular weight excluding hydrogens is 412 g/mol. The highest BCUT2D eigenvalue weighted by Gasteiger charge is 2.09. The molecular formula is C18H16N6O3S2. The molecule has 148 valence electrons. The molecule has 0 radical (unpaired) electrons. The molecule has 0 aliphatic rings. The van der Waals surface area contributed by atoms with Gasteiger partial charge in [-0.15, -0.1) is 0 Å². The lowest BCUT2D eigenvalue weighted by molar-refractivity contribution is 0.415. The number of rotatable bonds is 6. The molecule has 2 heterocycles. The monoisotopic (exact) mass is 428 g/mol. The van der Waals surface area contributed by atoms with Crippen LogP contribution in [-0.4, -0.2) is 30.5 Å². The number of benzene rings is 2. The van der Waals surface area contributed by atoms with E-state index in [2.05, 4.69) is 25.6 Å². The highest BCUT2D eigenvalue weighted by atomic mass is 32.2. The maximum absolute atomic E-state index is 11.3. The van der Waals surface area contributed by atoms with Gasteiger partial charge < -0.3 is 15.4 Å². The van der Waals surface area contributed by atoms with E-state index in [-0.39, 0.29) is 4.90 Å². The molecule has 0 aliphatic carbocycles. The van der Waals surface area contributed by atoms with Crippen LogP contribution in [0, 0.1) is 0 Å². The lowest BCUT2D eigenvalue weighted by atomic mass is 10.3. The number of methoxy groups -OCH3 is 1.